The van der Waals surface area contributed by atoms with E-state index in [4.69, 9.17) is 9.94 Å². The van der Waals surface area contributed by atoms with Crippen LogP contribution in [0.1, 0.15) is 5.82 Å². The van der Waals surface area contributed by atoms with Crippen molar-refractivity contribution in [1.29, 1.82) is 0 Å². The van der Waals surface area contributed by atoms with Gasteiger partial charge in [0.2, 0.25) is 0 Å². The molecule has 0 saturated heterocycles. The Labute approximate surface area is 94.7 Å². The summed E-state index contributed by atoms with van der Waals surface area (Å²) < 4.78 is 8.91. The van der Waals surface area contributed by atoms with Gasteiger partial charge < -0.3 is 22.4 Å². The third-order valence-corrected chi connectivity index (χ3v) is 1.77. The molecule has 5 nitrogen and oxygen atoms in total. The van der Waals surface area contributed by atoms with Crippen molar-refractivity contribution in [3.8, 4) is 0 Å². The van der Waals surface area contributed by atoms with Gasteiger partial charge >= 0.3 is 5.82 Å². The third kappa shape index (κ3) is 3.73. The molecule has 0 bridgehead atoms. The maximum Gasteiger partial charge on any atom is 0.305 e. The van der Waals surface area contributed by atoms with Gasteiger partial charge in [-0.3, -0.25) is 0 Å². The summed E-state index contributed by atoms with van der Waals surface area (Å²) >= 11 is 0. The van der Waals surface area contributed by atoms with E-state index >= 15 is 0 Å². The lowest BCUT2D eigenvalue weighted by atomic mass is 10.6. The second-order valence-corrected chi connectivity index (χ2v) is 2.77. The zero-order chi connectivity index (χ0) is 10.4. The molecule has 0 unspecified atom stereocenters. The highest BCUT2D eigenvalue weighted by Gasteiger charge is 2.11. The largest absolute Gasteiger partial charge is 1.00 e. The van der Waals surface area contributed by atoms with Crippen LogP contribution in [-0.2, 0) is 18.5 Å². The monoisotopic (exact) mass is 231 g/mol. The van der Waals surface area contributed by atoms with E-state index in [0.717, 1.165) is 5.82 Å². The van der Waals surface area contributed by atoms with Gasteiger partial charge in [0.15, 0.2) is 12.9 Å². The predicted molar refractivity (Wildman–Crippen MR) is 51.1 cm³/mol. The topological polar surface area (TPSA) is 50.6 Å². The summed E-state index contributed by atoms with van der Waals surface area (Å²) in [6, 6.07) is 0. The molecule has 1 rings (SSSR count). The minimum absolute atomic E-state index is 0. The van der Waals surface area contributed by atoms with E-state index in [1.165, 1.54) is 6.21 Å². The van der Waals surface area contributed by atoms with Crippen LogP contribution >= 0.6 is 0 Å². The van der Waals surface area contributed by atoms with Crippen molar-refractivity contribution >= 4 is 6.21 Å². The minimum atomic E-state index is 0. The molecule has 0 aliphatic rings. The number of halogens is 1. The molecule has 1 aromatic rings. The Kier molecular flexibility index (Phi) is 6.40. The average molecular weight is 232 g/mol. The van der Waals surface area contributed by atoms with E-state index in [1.807, 2.05) is 28.6 Å². The van der Waals surface area contributed by atoms with Gasteiger partial charge in [0.1, 0.15) is 12.4 Å². The van der Waals surface area contributed by atoms with E-state index in [-0.39, 0.29) is 12.4 Å². The van der Waals surface area contributed by atoms with Crippen LogP contribution in [0.15, 0.2) is 30.2 Å². The summed E-state index contributed by atoms with van der Waals surface area (Å²) in [6.07, 6.45) is 6.75. The smallest absolute Gasteiger partial charge is 0.305 e. The molecule has 0 aliphatic heterocycles. The average Bonchev–Trinajstić information content (AvgIpc) is 2.51. The van der Waals surface area contributed by atoms with Crippen LogP contribution in [0.25, 0.3) is 0 Å². The van der Waals surface area contributed by atoms with Crippen LogP contribution in [0.2, 0.25) is 0 Å². The molecular formula is C9H14ClN3O2. The number of hydrogen-bond donors (Lipinski definition) is 1. The highest BCUT2D eigenvalue weighted by Crippen LogP contribution is 1.93. The van der Waals surface area contributed by atoms with Crippen molar-refractivity contribution in [2.75, 3.05) is 6.61 Å². The molecule has 0 atom stereocenters. The lowest BCUT2D eigenvalue weighted by Gasteiger charge is -1.98. The summed E-state index contributed by atoms with van der Waals surface area (Å²) in [4.78, 5) is 0. The molecule has 0 saturated carbocycles. The Morgan fingerprint density at radius 1 is 1.73 bits per heavy atom. The molecule has 1 heterocycles. The van der Waals surface area contributed by atoms with Gasteiger partial charge in [-0.1, -0.05) is 11.2 Å². The molecule has 6 heteroatoms. The Morgan fingerprint density at radius 3 is 3.07 bits per heavy atom. The Morgan fingerprint density at radius 2 is 2.47 bits per heavy atom. The highest BCUT2D eigenvalue weighted by molar-refractivity contribution is 5.72. The number of oxime groups is 1. The van der Waals surface area contributed by atoms with Gasteiger partial charge in [0.05, 0.1) is 13.7 Å². The van der Waals surface area contributed by atoms with Crippen LogP contribution in [0.5, 0.6) is 0 Å². The van der Waals surface area contributed by atoms with Crippen LogP contribution in [0.4, 0.5) is 0 Å². The zero-order valence-corrected chi connectivity index (χ0v) is 9.26. The fraction of sp³-hybridized carbons (Fsp3) is 0.333. The highest BCUT2D eigenvalue weighted by atomic mass is 35.5. The quantitative estimate of drug-likeness (QED) is 0.150. The summed E-state index contributed by atoms with van der Waals surface area (Å²) in [5, 5.41) is 11.4. The van der Waals surface area contributed by atoms with Crippen molar-refractivity contribution in [3.05, 3.63) is 30.9 Å². The van der Waals surface area contributed by atoms with Crippen molar-refractivity contribution in [1.82, 2.24) is 4.57 Å². The Bertz CT molecular complexity index is 336. The molecule has 0 aromatic carbocycles. The number of imidazole rings is 1. The SMILES string of the molecule is C=CCOCn1cc[n+](C)c1/C=N/O.[Cl-]. The van der Waals surface area contributed by atoms with E-state index < -0.39 is 0 Å². The van der Waals surface area contributed by atoms with Crippen LogP contribution in [0.3, 0.4) is 0 Å². The van der Waals surface area contributed by atoms with Crippen molar-refractivity contribution < 1.29 is 26.9 Å². The standard InChI is InChI=1S/C9H13N3O2.ClH/c1-3-6-14-8-12-5-4-11(2)9(12)7-10-13;/h3-5,7H,1,6,8H2,2H3;1H. The molecule has 0 aliphatic carbocycles. The molecule has 0 fully saturated rings. The first-order valence-corrected chi connectivity index (χ1v) is 4.20. The van der Waals surface area contributed by atoms with Crippen molar-refractivity contribution in [3.63, 3.8) is 0 Å². The van der Waals surface area contributed by atoms with Gasteiger partial charge in [-0.15, -0.1) is 6.58 Å². The van der Waals surface area contributed by atoms with Gasteiger partial charge in [-0.05, 0) is 0 Å². The Balaban J connectivity index is 0.00000196. The summed E-state index contributed by atoms with van der Waals surface area (Å²) in [6.45, 7) is 4.46. The number of hydrogen-bond acceptors (Lipinski definition) is 3. The van der Waals surface area contributed by atoms with E-state index in [0.29, 0.717) is 13.3 Å². The van der Waals surface area contributed by atoms with Crippen molar-refractivity contribution in [2.45, 2.75) is 6.73 Å². The van der Waals surface area contributed by atoms with E-state index in [1.54, 1.807) is 6.08 Å². The first-order chi connectivity index (χ1) is 6.79. The molecular weight excluding hydrogens is 218 g/mol. The van der Waals surface area contributed by atoms with Crippen LogP contribution in [0, 0.1) is 0 Å². The summed E-state index contributed by atoms with van der Waals surface area (Å²) in [5.74, 6) is 0.761. The fourth-order valence-corrected chi connectivity index (χ4v) is 1.10. The molecule has 0 spiro atoms. The minimum Gasteiger partial charge on any atom is -1.00 e. The van der Waals surface area contributed by atoms with Crippen LogP contribution in [-0.4, -0.2) is 22.6 Å². The number of rotatable bonds is 5. The first-order valence-electron chi connectivity index (χ1n) is 4.20. The number of nitrogens with zero attached hydrogens (tertiary/aromatic N) is 3. The summed E-state index contributed by atoms with van der Waals surface area (Å²) in [5.41, 5.74) is 0. The van der Waals surface area contributed by atoms with Gasteiger partial charge in [0, 0.05) is 0 Å². The number of aryl methyl sites for hydroxylation is 1. The lowest BCUT2D eigenvalue weighted by molar-refractivity contribution is -0.672. The maximum absolute atomic E-state index is 8.44. The number of aromatic nitrogens is 2. The zero-order valence-electron chi connectivity index (χ0n) is 8.51. The Hall–Kier alpha value is -1.33. The molecule has 1 aromatic heterocycles. The maximum atomic E-state index is 8.44. The van der Waals surface area contributed by atoms with E-state index in [2.05, 4.69) is 11.7 Å². The van der Waals surface area contributed by atoms with Gasteiger partial charge in [-0.2, -0.15) is 0 Å². The molecule has 0 amide bonds. The van der Waals surface area contributed by atoms with Gasteiger partial charge in [-0.25, -0.2) is 9.13 Å². The molecule has 15 heavy (non-hydrogen) atoms. The lowest BCUT2D eigenvalue weighted by Crippen LogP contribution is -3.00. The second-order valence-electron chi connectivity index (χ2n) is 2.77. The van der Waals surface area contributed by atoms with E-state index in [9.17, 15) is 0 Å². The predicted octanol–water partition coefficient (Wildman–Crippen LogP) is -2.72. The third-order valence-electron chi connectivity index (χ3n) is 1.77. The van der Waals surface area contributed by atoms with Gasteiger partial charge in [0.25, 0.3) is 0 Å². The first kappa shape index (κ1) is 13.7. The fourth-order valence-electron chi connectivity index (χ4n) is 1.10. The van der Waals surface area contributed by atoms with Crippen molar-refractivity contribution in [2.24, 2.45) is 12.2 Å². The second kappa shape index (κ2) is 7.03. The molecule has 0 radical (unpaired) electrons. The summed E-state index contributed by atoms with van der Waals surface area (Å²) in [7, 11) is 1.86. The molecule has 84 valence electrons. The van der Waals surface area contributed by atoms with Crippen LogP contribution < -0.4 is 17.0 Å². The normalized spacial score (nSPS) is 10.2. The molecule has 1 N–H and O–H groups in total. The number of ether oxygens (including phenoxy) is 1.